The molecule has 22 heavy (non-hydrogen) atoms. The molecule has 1 amide bonds. The van der Waals surface area contributed by atoms with Gasteiger partial charge in [0.25, 0.3) is 5.91 Å². The molecule has 0 bridgehead atoms. The number of carbonyl (C=O) groups is 1. The quantitative estimate of drug-likeness (QED) is 0.908. The van der Waals surface area contributed by atoms with Crippen molar-refractivity contribution in [2.45, 2.75) is 32.5 Å². The summed E-state index contributed by atoms with van der Waals surface area (Å²) >= 11 is 0. The van der Waals surface area contributed by atoms with E-state index in [4.69, 9.17) is 10.00 Å². The van der Waals surface area contributed by atoms with Gasteiger partial charge < -0.3 is 10.1 Å². The third-order valence-corrected chi connectivity index (χ3v) is 3.34. The van der Waals surface area contributed by atoms with Gasteiger partial charge in [-0.2, -0.15) is 18.4 Å². The minimum Gasteiger partial charge on any atom is -0.483 e. The number of halogens is 3. The van der Waals surface area contributed by atoms with Crippen LogP contribution in [0, 0.1) is 17.2 Å². The molecule has 1 N–H and O–H groups in total. The second-order valence-electron chi connectivity index (χ2n) is 5.30. The van der Waals surface area contributed by atoms with Crippen molar-refractivity contribution >= 4 is 5.91 Å². The first-order valence-electron chi connectivity index (χ1n) is 6.61. The van der Waals surface area contributed by atoms with Crippen molar-refractivity contribution in [2.75, 3.05) is 6.61 Å². The van der Waals surface area contributed by atoms with Crippen LogP contribution >= 0.6 is 0 Å². The Bertz CT molecular complexity index is 579. The second-order valence-corrected chi connectivity index (χ2v) is 5.30. The first kappa shape index (κ1) is 17.8. The van der Waals surface area contributed by atoms with Gasteiger partial charge in [0.15, 0.2) is 6.61 Å². The fraction of sp³-hybridized carbons (Fsp3) is 0.467. The molecule has 0 aliphatic carbocycles. The van der Waals surface area contributed by atoms with E-state index in [1.807, 2.05) is 6.07 Å². The molecule has 1 aromatic carbocycles. The molecule has 1 rings (SSSR count). The lowest BCUT2D eigenvalue weighted by atomic mass is 9.90. The Balaban J connectivity index is 2.76. The molecule has 4 nitrogen and oxygen atoms in total. The second kappa shape index (κ2) is 6.69. The van der Waals surface area contributed by atoms with Crippen LogP contribution in [0.1, 0.15) is 26.3 Å². The standard InChI is InChI=1S/C15H17F3N2O2/c1-10(2)14(3,9-19)20-13(21)8-22-12-7-5-4-6-11(12)15(16,17)18/h4-7,10H,8H2,1-3H3,(H,20,21)/t14-/m0/s1. The van der Waals surface area contributed by atoms with Crippen LogP contribution in [0.25, 0.3) is 0 Å². The SMILES string of the molecule is CC(C)[C@](C)(C#N)NC(=O)COc1ccccc1C(F)(F)F. The number of nitriles is 1. The minimum absolute atomic E-state index is 0.163. The Labute approximate surface area is 126 Å². The molecule has 1 aromatic rings. The van der Waals surface area contributed by atoms with Gasteiger partial charge in [0, 0.05) is 0 Å². The van der Waals surface area contributed by atoms with E-state index in [0.717, 1.165) is 12.1 Å². The number of carbonyl (C=O) groups excluding carboxylic acids is 1. The normalized spacial score (nSPS) is 14.1. The van der Waals surface area contributed by atoms with Gasteiger partial charge in [0.05, 0.1) is 11.6 Å². The van der Waals surface area contributed by atoms with Crippen molar-refractivity contribution < 1.29 is 22.7 Å². The summed E-state index contributed by atoms with van der Waals surface area (Å²) in [6, 6.07) is 6.61. The van der Waals surface area contributed by atoms with Crippen molar-refractivity contribution in [2.24, 2.45) is 5.92 Å². The van der Waals surface area contributed by atoms with Crippen LogP contribution in [0.5, 0.6) is 5.75 Å². The van der Waals surface area contributed by atoms with Crippen LogP contribution in [-0.4, -0.2) is 18.1 Å². The maximum absolute atomic E-state index is 12.8. The Hall–Kier alpha value is -2.23. The van der Waals surface area contributed by atoms with E-state index in [1.54, 1.807) is 20.8 Å². The first-order valence-corrected chi connectivity index (χ1v) is 6.61. The number of hydrogen-bond donors (Lipinski definition) is 1. The van der Waals surface area contributed by atoms with E-state index in [2.05, 4.69) is 5.32 Å². The number of para-hydroxylation sites is 1. The topological polar surface area (TPSA) is 62.1 Å². The molecular formula is C15H17F3N2O2. The molecule has 0 saturated heterocycles. The van der Waals surface area contributed by atoms with Crippen molar-refractivity contribution in [3.05, 3.63) is 29.8 Å². The monoisotopic (exact) mass is 314 g/mol. The number of benzene rings is 1. The number of hydrogen-bond acceptors (Lipinski definition) is 3. The maximum Gasteiger partial charge on any atom is 0.419 e. The van der Waals surface area contributed by atoms with Gasteiger partial charge in [0.2, 0.25) is 0 Å². The van der Waals surface area contributed by atoms with E-state index >= 15 is 0 Å². The number of ether oxygens (including phenoxy) is 1. The van der Waals surface area contributed by atoms with Crippen LogP contribution in [0.4, 0.5) is 13.2 Å². The van der Waals surface area contributed by atoms with Gasteiger partial charge in [-0.25, -0.2) is 0 Å². The van der Waals surface area contributed by atoms with E-state index in [1.165, 1.54) is 12.1 Å². The number of amides is 1. The smallest absolute Gasteiger partial charge is 0.419 e. The summed E-state index contributed by atoms with van der Waals surface area (Å²) in [6.45, 7) is 4.45. The van der Waals surface area contributed by atoms with Gasteiger partial charge in [-0.3, -0.25) is 4.79 Å². The average molecular weight is 314 g/mol. The summed E-state index contributed by atoms with van der Waals surface area (Å²) in [6.07, 6.45) is -4.56. The molecule has 7 heteroatoms. The van der Waals surface area contributed by atoms with E-state index in [0.29, 0.717) is 0 Å². The van der Waals surface area contributed by atoms with Crippen molar-refractivity contribution in [3.8, 4) is 11.8 Å². The molecule has 1 atom stereocenters. The molecular weight excluding hydrogens is 297 g/mol. The summed E-state index contributed by atoms with van der Waals surface area (Å²) in [5.41, 5.74) is -2.06. The summed E-state index contributed by atoms with van der Waals surface area (Å²) < 4.78 is 43.3. The highest BCUT2D eigenvalue weighted by molar-refractivity contribution is 5.78. The van der Waals surface area contributed by atoms with Crippen LogP contribution in [-0.2, 0) is 11.0 Å². The zero-order valence-corrected chi connectivity index (χ0v) is 12.5. The molecule has 0 spiro atoms. The zero-order chi connectivity index (χ0) is 17.0. The van der Waals surface area contributed by atoms with E-state index in [-0.39, 0.29) is 5.92 Å². The Morgan fingerprint density at radius 3 is 2.45 bits per heavy atom. The van der Waals surface area contributed by atoms with Crippen LogP contribution < -0.4 is 10.1 Å². The summed E-state index contributed by atoms with van der Waals surface area (Å²) in [4.78, 5) is 11.8. The fourth-order valence-corrected chi connectivity index (χ4v) is 1.60. The lowest BCUT2D eigenvalue weighted by Gasteiger charge is -2.27. The predicted molar refractivity (Wildman–Crippen MR) is 73.9 cm³/mol. The van der Waals surface area contributed by atoms with Gasteiger partial charge in [-0.1, -0.05) is 26.0 Å². The highest BCUT2D eigenvalue weighted by Crippen LogP contribution is 2.35. The molecule has 0 saturated carbocycles. The molecule has 0 aromatic heterocycles. The Kier molecular flexibility index (Phi) is 5.42. The number of alkyl halides is 3. The lowest BCUT2D eigenvalue weighted by molar-refractivity contribution is -0.139. The number of rotatable bonds is 5. The summed E-state index contributed by atoms with van der Waals surface area (Å²) in [5.74, 6) is -1.24. The van der Waals surface area contributed by atoms with Crippen molar-refractivity contribution in [3.63, 3.8) is 0 Å². The molecule has 0 radical (unpaired) electrons. The van der Waals surface area contributed by atoms with Gasteiger partial charge in [-0.05, 0) is 25.0 Å². The average Bonchev–Trinajstić information content (AvgIpc) is 2.44. The largest absolute Gasteiger partial charge is 0.483 e. The highest BCUT2D eigenvalue weighted by atomic mass is 19.4. The highest BCUT2D eigenvalue weighted by Gasteiger charge is 2.34. The molecule has 0 unspecified atom stereocenters. The summed E-state index contributed by atoms with van der Waals surface area (Å²) in [7, 11) is 0. The van der Waals surface area contributed by atoms with E-state index < -0.39 is 35.5 Å². The molecule has 0 aliphatic heterocycles. The molecule has 120 valence electrons. The Morgan fingerprint density at radius 1 is 1.36 bits per heavy atom. The van der Waals surface area contributed by atoms with Crippen molar-refractivity contribution in [1.29, 1.82) is 5.26 Å². The van der Waals surface area contributed by atoms with Gasteiger partial charge in [0.1, 0.15) is 11.3 Å². The van der Waals surface area contributed by atoms with Crippen LogP contribution in [0.15, 0.2) is 24.3 Å². The van der Waals surface area contributed by atoms with Gasteiger partial charge >= 0.3 is 6.18 Å². The van der Waals surface area contributed by atoms with Crippen LogP contribution in [0.2, 0.25) is 0 Å². The minimum atomic E-state index is -4.56. The van der Waals surface area contributed by atoms with Crippen LogP contribution in [0.3, 0.4) is 0 Å². The third kappa shape index (κ3) is 4.38. The molecule has 0 fully saturated rings. The first-order chi connectivity index (χ1) is 10.1. The maximum atomic E-state index is 12.8. The predicted octanol–water partition coefficient (Wildman–Crippen LogP) is 3.14. The number of nitrogens with one attached hydrogen (secondary N) is 1. The summed E-state index contributed by atoms with van der Waals surface area (Å²) in [5, 5.41) is 11.6. The lowest BCUT2D eigenvalue weighted by Crippen LogP contribution is -2.50. The third-order valence-electron chi connectivity index (χ3n) is 3.34. The Morgan fingerprint density at radius 2 is 1.95 bits per heavy atom. The van der Waals surface area contributed by atoms with E-state index in [9.17, 15) is 18.0 Å². The number of nitrogens with zero attached hydrogens (tertiary/aromatic N) is 1. The fourth-order valence-electron chi connectivity index (χ4n) is 1.60. The zero-order valence-electron chi connectivity index (χ0n) is 12.5. The molecule has 0 aliphatic rings. The van der Waals surface area contributed by atoms with Crippen molar-refractivity contribution in [1.82, 2.24) is 5.32 Å². The van der Waals surface area contributed by atoms with Gasteiger partial charge in [-0.15, -0.1) is 0 Å². The molecule has 0 heterocycles.